The Morgan fingerprint density at radius 3 is 2.57 bits per heavy atom. The van der Waals surface area contributed by atoms with Crippen LogP contribution in [0.15, 0.2) is 45.9 Å². The number of carbonyl (C=O) groups excluding carboxylic acids is 1. The van der Waals surface area contributed by atoms with Gasteiger partial charge in [0.15, 0.2) is 5.82 Å². The van der Waals surface area contributed by atoms with Crippen LogP contribution in [0.1, 0.15) is 24.2 Å². The summed E-state index contributed by atoms with van der Waals surface area (Å²) in [6.07, 6.45) is 0. The maximum atomic E-state index is 13.2. The first-order chi connectivity index (χ1) is 13.5. The number of hydrogen-bond acceptors (Lipinski definition) is 5. The number of amides is 1. The zero-order valence-electron chi connectivity index (χ0n) is 16.2. The van der Waals surface area contributed by atoms with Gasteiger partial charge in [0.05, 0.1) is 16.6 Å². The molecule has 6 nitrogen and oxygen atoms in total. The Morgan fingerprint density at radius 1 is 1.14 bits per heavy atom. The molecule has 3 heterocycles. The largest absolute Gasteiger partial charge is 0.348 e. The summed E-state index contributed by atoms with van der Waals surface area (Å²) in [6.45, 7) is 7.27. The molecule has 0 saturated carbocycles. The van der Waals surface area contributed by atoms with E-state index >= 15 is 0 Å². The van der Waals surface area contributed by atoms with E-state index in [2.05, 4.69) is 18.8 Å². The topological polar surface area (TPSA) is 58.4 Å². The van der Waals surface area contributed by atoms with Crippen LogP contribution in [0.25, 0.3) is 11.0 Å². The van der Waals surface area contributed by atoms with Crippen molar-refractivity contribution in [3.8, 4) is 0 Å². The number of benzene rings is 1. The first-order valence-corrected chi connectivity index (χ1v) is 10.5. The van der Waals surface area contributed by atoms with Gasteiger partial charge in [-0.1, -0.05) is 26.0 Å². The lowest BCUT2D eigenvalue weighted by Gasteiger charge is -2.35. The lowest BCUT2D eigenvalue weighted by atomic mass is 10.2. The molecule has 0 atom stereocenters. The second kappa shape index (κ2) is 7.75. The van der Waals surface area contributed by atoms with Gasteiger partial charge in [0, 0.05) is 38.1 Å². The van der Waals surface area contributed by atoms with Crippen LogP contribution in [-0.4, -0.2) is 46.5 Å². The van der Waals surface area contributed by atoms with E-state index in [1.165, 1.54) is 11.3 Å². The van der Waals surface area contributed by atoms with Gasteiger partial charge in [0.2, 0.25) is 0 Å². The van der Waals surface area contributed by atoms with Gasteiger partial charge < -0.3 is 14.4 Å². The van der Waals surface area contributed by atoms with Crippen LogP contribution < -0.4 is 10.5 Å². The van der Waals surface area contributed by atoms with Gasteiger partial charge in [0.25, 0.3) is 11.5 Å². The molecule has 0 unspecified atom stereocenters. The molecular formula is C21H24N4O2S. The first kappa shape index (κ1) is 18.7. The normalized spacial score (nSPS) is 14.8. The summed E-state index contributed by atoms with van der Waals surface area (Å²) in [6, 6.07) is 9.64. The van der Waals surface area contributed by atoms with Crippen molar-refractivity contribution in [2.45, 2.75) is 20.4 Å². The van der Waals surface area contributed by atoms with Crippen molar-refractivity contribution < 1.29 is 4.79 Å². The number of thiophene rings is 1. The molecule has 1 amide bonds. The zero-order valence-corrected chi connectivity index (χ0v) is 17.0. The number of nitrogens with zero attached hydrogens (tertiary/aromatic N) is 4. The highest BCUT2D eigenvalue weighted by atomic mass is 32.1. The molecule has 0 bridgehead atoms. The third kappa shape index (κ3) is 3.54. The molecule has 0 radical (unpaired) electrons. The third-order valence-electron chi connectivity index (χ3n) is 5.02. The fourth-order valence-corrected chi connectivity index (χ4v) is 4.25. The van der Waals surface area contributed by atoms with Gasteiger partial charge in [-0.2, -0.15) is 11.3 Å². The Hall–Kier alpha value is -2.67. The molecule has 146 valence electrons. The maximum absolute atomic E-state index is 13.2. The first-order valence-electron chi connectivity index (χ1n) is 9.60. The van der Waals surface area contributed by atoms with E-state index in [1.807, 2.05) is 55.5 Å². The van der Waals surface area contributed by atoms with Gasteiger partial charge in [-0.05, 0) is 29.5 Å². The van der Waals surface area contributed by atoms with E-state index in [-0.39, 0.29) is 11.5 Å². The molecule has 1 aliphatic heterocycles. The highest BCUT2D eigenvalue weighted by Crippen LogP contribution is 2.18. The van der Waals surface area contributed by atoms with E-state index in [1.54, 1.807) is 0 Å². The van der Waals surface area contributed by atoms with E-state index in [0.29, 0.717) is 44.5 Å². The lowest BCUT2D eigenvalue weighted by molar-refractivity contribution is 0.0747. The quantitative estimate of drug-likeness (QED) is 0.680. The van der Waals surface area contributed by atoms with Crippen LogP contribution >= 0.6 is 11.3 Å². The van der Waals surface area contributed by atoms with Crippen LogP contribution in [-0.2, 0) is 6.54 Å². The van der Waals surface area contributed by atoms with Gasteiger partial charge >= 0.3 is 0 Å². The standard InChI is InChI=1S/C21H24N4O2S/c1-15(2)13-25-18-6-4-3-5-17(18)22-19(21(25)27)23-8-10-24(11-9-23)20(26)16-7-12-28-14-16/h3-7,12,14-15H,8-11,13H2,1-2H3. The van der Waals surface area contributed by atoms with Crippen LogP contribution in [0.5, 0.6) is 0 Å². The maximum Gasteiger partial charge on any atom is 0.294 e. The van der Waals surface area contributed by atoms with Crippen molar-refractivity contribution in [2.24, 2.45) is 5.92 Å². The Balaban J connectivity index is 1.61. The minimum absolute atomic E-state index is 0.0509. The van der Waals surface area contributed by atoms with Crippen molar-refractivity contribution >= 4 is 34.1 Å². The van der Waals surface area contributed by atoms with Crippen molar-refractivity contribution in [3.63, 3.8) is 0 Å². The fourth-order valence-electron chi connectivity index (χ4n) is 3.62. The van der Waals surface area contributed by atoms with Crippen molar-refractivity contribution in [1.82, 2.24) is 14.5 Å². The summed E-state index contributed by atoms with van der Waals surface area (Å²) in [7, 11) is 0. The molecule has 2 aromatic heterocycles. The van der Waals surface area contributed by atoms with E-state index in [0.717, 1.165) is 16.6 Å². The minimum atomic E-state index is -0.0509. The van der Waals surface area contributed by atoms with Crippen LogP contribution in [0.4, 0.5) is 5.82 Å². The Bertz CT molecular complexity index is 1030. The fraction of sp³-hybridized carbons (Fsp3) is 0.381. The van der Waals surface area contributed by atoms with Gasteiger partial charge in [0.1, 0.15) is 0 Å². The summed E-state index contributed by atoms with van der Waals surface area (Å²) >= 11 is 1.53. The number of hydrogen-bond donors (Lipinski definition) is 0. The van der Waals surface area contributed by atoms with E-state index < -0.39 is 0 Å². The zero-order chi connectivity index (χ0) is 19.7. The molecule has 0 N–H and O–H groups in total. The van der Waals surface area contributed by atoms with E-state index in [9.17, 15) is 9.59 Å². The average Bonchev–Trinajstić information content (AvgIpc) is 3.24. The van der Waals surface area contributed by atoms with Gasteiger partial charge in [-0.25, -0.2) is 4.98 Å². The summed E-state index contributed by atoms with van der Waals surface area (Å²) in [5.41, 5.74) is 2.39. The molecule has 1 saturated heterocycles. The summed E-state index contributed by atoms with van der Waals surface area (Å²) in [5.74, 6) is 0.906. The number of piperazine rings is 1. The number of carbonyl (C=O) groups is 1. The van der Waals surface area contributed by atoms with Crippen molar-refractivity contribution in [2.75, 3.05) is 31.1 Å². The van der Waals surface area contributed by atoms with E-state index in [4.69, 9.17) is 0 Å². The van der Waals surface area contributed by atoms with Crippen molar-refractivity contribution in [1.29, 1.82) is 0 Å². The minimum Gasteiger partial charge on any atom is -0.348 e. The Kier molecular flexibility index (Phi) is 5.17. The van der Waals surface area contributed by atoms with Crippen LogP contribution in [0, 0.1) is 5.92 Å². The number of aromatic nitrogens is 2. The molecule has 4 rings (SSSR count). The van der Waals surface area contributed by atoms with Crippen LogP contribution in [0.3, 0.4) is 0 Å². The highest BCUT2D eigenvalue weighted by molar-refractivity contribution is 7.08. The molecule has 3 aromatic rings. The molecule has 0 spiro atoms. The van der Waals surface area contributed by atoms with Crippen LogP contribution in [0.2, 0.25) is 0 Å². The number of para-hydroxylation sites is 2. The third-order valence-corrected chi connectivity index (χ3v) is 5.70. The molecule has 1 aromatic carbocycles. The summed E-state index contributed by atoms with van der Waals surface area (Å²) in [5, 5.41) is 3.80. The molecule has 1 fully saturated rings. The average molecular weight is 397 g/mol. The molecule has 1 aliphatic rings. The summed E-state index contributed by atoms with van der Waals surface area (Å²) in [4.78, 5) is 34.3. The second-order valence-electron chi connectivity index (χ2n) is 7.53. The number of fused-ring (bicyclic) bond motifs is 1. The molecular weight excluding hydrogens is 372 g/mol. The monoisotopic (exact) mass is 396 g/mol. The second-order valence-corrected chi connectivity index (χ2v) is 8.31. The predicted molar refractivity (Wildman–Crippen MR) is 113 cm³/mol. The highest BCUT2D eigenvalue weighted by Gasteiger charge is 2.25. The predicted octanol–water partition coefficient (Wildman–Crippen LogP) is 3.08. The number of rotatable bonds is 4. The SMILES string of the molecule is CC(C)Cn1c(=O)c(N2CCN(C(=O)c3ccsc3)CC2)nc2ccccc21. The summed E-state index contributed by atoms with van der Waals surface area (Å²) < 4.78 is 1.84. The smallest absolute Gasteiger partial charge is 0.294 e. The molecule has 28 heavy (non-hydrogen) atoms. The Labute approximate surface area is 168 Å². The van der Waals surface area contributed by atoms with Gasteiger partial charge in [-0.3, -0.25) is 9.59 Å². The molecule has 7 heteroatoms. The molecule has 0 aliphatic carbocycles. The lowest BCUT2D eigenvalue weighted by Crippen LogP contribution is -2.50. The number of anilines is 1. The Morgan fingerprint density at radius 2 is 1.89 bits per heavy atom. The van der Waals surface area contributed by atoms with Crippen molar-refractivity contribution in [3.05, 3.63) is 57.0 Å². The van der Waals surface area contributed by atoms with Gasteiger partial charge in [-0.15, -0.1) is 0 Å².